The third kappa shape index (κ3) is 3.07. The molecule has 0 heterocycles. The van der Waals surface area contributed by atoms with E-state index in [1.807, 2.05) is 0 Å². The number of hydrogen-bond donors (Lipinski definition) is 2. The second-order valence-electron chi connectivity index (χ2n) is 5.32. The van der Waals surface area contributed by atoms with Crippen LogP contribution in [0.4, 0.5) is 0 Å². The van der Waals surface area contributed by atoms with Gasteiger partial charge in [0.15, 0.2) is 0 Å². The Balaban J connectivity index is 2.03. The van der Waals surface area contributed by atoms with Crippen LogP contribution >= 0.6 is 24.2 Å². The predicted molar refractivity (Wildman–Crippen MR) is 81.3 cm³/mol. The molecule has 3 nitrogen and oxygen atoms in total. The maximum absolute atomic E-state index is 12.2. The van der Waals surface area contributed by atoms with Crippen LogP contribution in [-0.4, -0.2) is 37.0 Å². The number of thiol groups is 1. The molecule has 0 unspecified atom stereocenters. The third-order valence-electron chi connectivity index (χ3n) is 4.01. The molecule has 1 fully saturated rings. The second kappa shape index (κ2) is 5.73. The summed E-state index contributed by atoms with van der Waals surface area (Å²) in [5, 5.41) is 3.45. The molecule has 1 aromatic rings. The Kier molecular flexibility index (Phi) is 4.43. The lowest BCUT2D eigenvalue weighted by Crippen LogP contribution is -2.57. The summed E-state index contributed by atoms with van der Waals surface area (Å²) in [5.41, 5.74) is 0.600. The van der Waals surface area contributed by atoms with Crippen molar-refractivity contribution in [3.63, 3.8) is 0 Å². The Bertz CT molecular complexity index is 486. The van der Waals surface area contributed by atoms with Crippen LogP contribution < -0.4 is 5.32 Å². The van der Waals surface area contributed by atoms with E-state index in [0.29, 0.717) is 17.1 Å². The van der Waals surface area contributed by atoms with Crippen LogP contribution in [0.3, 0.4) is 0 Å². The average Bonchev–Trinajstić information content (AvgIpc) is 2.30. The first-order chi connectivity index (χ1) is 8.94. The van der Waals surface area contributed by atoms with E-state index in [-0.39, 0.29) is 11.4 Å². The van der Waals surface area contributed by atoms with Crippen LogP contribution in [-0.2, 0) is 0 Å². The molecule has 2 rings (SSSR count). The zero-order valence-corrected chi connectivity index (χ0v) is 12.9. The summed E-state index contributed by atoms with van der Waals surface area (Å²) in [6.45, 7) is 0.659. The van der Waals surface area contributed by atoms with Crippen molar-refractivity contribution in [2.24, 2.45) is 0 Å². The minimum atomic E-state index is -0.131. The number of amides is 1. The molecule has 5 heteroatoms. The molecule has 0 aliphatic heterocycles. The maximum Gasteiger partial charge on any atom is 0.252 e. The van der Waals surface area contributed by atoms with Crippen LogP contribution in [0.1, 0.15) is 29.6 Å². The molecule has 0 bridgehead atoms. The van der Waals surface area contributed by atoms with Crippen LogP contribution in [0.5, 0.6) is 0 Å². The highest BCUT2D eigenvalue weighted by Crippen LogP contribution is 2.35. The quantitative estimate of drug-likeness (QED) is 0.838. The summed E-state index contributed by atoms with van der Waals surface area (Å²) in [5.74, 6) is -0.131. The second-order valence-corrected chi connectivity index (χ2v) is 6.24. The SMILES string of the molecule is CN(C)C1(CNC(=O)c2cc(S)ccc2Cl)CCC1. The van der Waals surface area contributed by atoms with Gasteiger partial charge in [-0.05, 0) is 51.6 Å². The molecule has 1 saturated carbocycles. The van der Waals surface area contributed by atoms with Crippen molar-refractivity contribution in [2.45, 2.75) is 29.7 Å². The van der Waals surface area contributed by atoms with E-state index in [0.717, 1.165) is 17.7 Å². The van der Waals surface area contributed by atoms with E-state index in [4.69, 9.17) is 11.6 Å². The number of rotatable bonds is 4. The van der Waals surface area contributed by atoms with Gasteiger partial charge in [0.25, 0.3) is 5.91 Å². The highest BCUT2D eigenvalue weighted by Gasteiger charge is 2.39. The molecule has 19 heavy (non-hydrogen) atoms. The number of nitrogens with zero attached hydrogens (tertiary/aromatic N) is 1. The van der Waals surface area contributed by atoms with Crippen molar-refractivity contribution >= 4 is 30.1 Å². The fourth-order valence-corrected chi connectivity index (χ4v) is 2.80. The Morgan fingerprint density at radius 2 is 2.16 bits per heavy atom. The first kappa shape index (κ1) is 14.7. The number of likely N-dealkylation sites (N-methyl/N-ethyl adjacent to an activating group) is 1. The van der Waals surface area contributed by atoms with E-state index in [9.17, 15) is 4.79 Å². The number of halogens is 1. The summed E-state index contributed by atoms with van der Waals surface area (Å²) < 4.78 is 0. The number of nitrogens with one attached hydrogen (secondary N) is 1. The third-order valence-corrected chi connectivity index (χ3v) is 4.61. The smallest absolute Gasteiger partial charge is 0.252 e. The summed E-state index contributed by atoms with van der Waals surface area (Å²) in [6, 6.07) is 5.17. The van der Waals surface area contributed by atoms with Gasteiger partial charge in [-0.15, -0.1) is 12.6 Å². The number of carbonyl (C=O) groups excluding carboxylic acids is 1. The van der Waals surface area contributed by atoms with Gasteiger partial charge in [0.05, 0.1) is 10.6 Å². The fourth-order valence-electron chi connectivity index (χ4n) is 2.39. The van der Waals surface area contributed by atoms with Crippen molar-refractivity contribution in [1.29, 1.82) is 0 Å². The number of benzene rings is 1. The standard InChI is InChI=1S/C14H19ClN2OS/c1-17(2)14(6-3-7-14)9-16-13(18)11-8-10(19)4-5-12(11)15/h4-5,8,19H,3,6-7,9H2,1-2H3,(H,16,18). The molecular weight excluding hydrogens is 280 g/mol. The molecule has 0 spiro atoms. The summed E-state index contributed by atoms with van der Waals surface area (Å²) in [4.78, 5) is 15.1. The zero-order valence-electron chi connectivity index (χ0n) is 11.2. The van der Waals surface area contributed by atoms with Gasteiger partial charge in [-0.3, -0.25) is 4.79 Å². The van der Waals surface area contributed by atoms with Crippen molar-refractivity contribution in [3.8, 4) is 0 Å². The van der Waals surface area contributed by atoms with Gasteiger partial charge in [0.2, 0.25) is 0 Å². The van der Waals surface area contributed by atoms with Crippen molar-refractivity contribution in [1.82, 2.24) is 10.2 Å². The fraction of sp³-hybridized carbons (Fsp3) is 0.500. The van der Waals surface area contributed by atoms with Crippen molar-refractivity contribution in [3.05, 3.63) is 28.8 Å². The van der Waals surface area contributed by atoms with Crippen LogP contribution in [0, 0.1) is 0 Å². The normalized spacial score (nSPS) is 17.1. The molecule has 1 aliphatic rings. The van der Waals surface area contributed by atoms with Gasteiger partial charge in [0, 0.05) is 17.0 Å². The topological polar surface area (TPSA) is 32.3 Å². The highest BCUT2D eigenvalue weighted by atomic mass is 35.5. The average molecular weight is 299 g/mol. The molecule has 0 atom stereocenters. The molecule has 104 valence electrons. The first-order valence-corrected chi connectivity index (χ1v) is 7.21. The van der Waals surface area contributed by atoms with Crippen LogP contribution in [0.15, 0.2) is 23.1 Å². The van der Waals surface area contributed by atoms with Gasteiger partial charge < -0.3 is 10.2 Å². The van der Waals surface area contributed by atoms with E-state index >= 15 is 0 Å². The summed E-state index contributed by atoms with van der Waals surface area (Å²) >= 11 is 10.3. The lowest BCUT2D eigenvalue weighted by molar-refractivity contribution is 0.0557. The Morgan fingerprint density at radius 1 is 1.47 bits per heavy atom. The largest absolute Gasteiger partial charge is 0.350 e. The zero-order chi connectivity index (χ0) is 14.0. The first-order valence-electron chi connectivity index (χ1n) is 6.39. The monoisotopic (exact) mass is 298 g/mol. The molecule has 1 N–H and O–H groups in total. The highest BCUT2D eigenvalue weighted by molar-refractivity contribution is 7.80. The van der Waals surface area contributed by atoms with E-state index < -0.39 is 0 Å². The van der Waals surface area contributed by atoms with Gasteiger partial charge in [-0.2, -0.15) is 0 Å². The number of carbonyl (C=O) groups is 1. The van der Waals surface area contributed by atoms with E-state index in [1.165, 1.54) is 6.42 Å². The van der Waals surface area contributed by atoms with Gasteiger partial charge >= 0.3 is 0 Å². The minimum Gasteiger partial charge on any atom is -0.350 e. The van der Waals surface area contributed by atoms with E-state index in [1.54, 1.807) is 18.2 Å². The lowest BCUT2D eigenvalue weighted by Gasteiger charge is -2.47. The van der Waals surface area contributed by atoms with Crippen molar-refractivity contribution in [2.75, 3.05) is 20.6 Å². The predicted octanol–water partition coefficient (Wildman–Crippen LogP) is 2.84. The molecule has 1 amide bonds. The Morgan fingerprint density at radius 3 is 2.68 bits per heavy atom. The minimum absolute atomic E-state index is 0.112. The lowest BCUT2D eigenvalue weighted by atomic mass is 9.75. The Hall–Kier alpha value is -0.710. The van der Waals surface area contributed by atoms with Gasteiger partial charge in [0.1, 0.15) is 0 Å². The molecular formula is C14H19ClN2OS. The van der Waals surface area contributed by atoms with E-state index in [2.05, 4.69) is 36.9 Å². The van der Waals surface area contributed by atoms with Crippen LogP contribution in [0.25, 0.3) is 0 Å². The van der Waals surface area contributed by atoms with Gasteiger partial charge in [-0.1, -0.05) is 11.6 Å². The molecule has 1 aromatic carbocycles. The maximum atomic E-state index is 12.2. The molecule has 1 aliphatic carbocycles. The number of hydrogen-bond acceptors (Lipinski definition) is 3. The Labute approximate surface area is 124 Å². The van der Waals surface area contributed by atoms with Gasteiger partial charge in [-0.25, -0.2) is 0 Å². The molecule has 0 saturated heterocycles. The summed E-state index contributed by atoms with van der Waals surface area (Å²) in [7, 11) is 4.12. The van der Waals surface area contributed by atoms with Crippen molar-refractivity contribution < 1.29 is 4.79 Å². The summed E-state index contributed by atoms with van der Waals surface area (Å²) in [6.07, 6.45) is 3.47. The van der Waals surface area contributed by atoms with Crippen LogP contribution in [0.2, 0.25) is 5.02 Å². The molecule has 0 aromatic heterocycles. The molecule has 0 radical (unpaired) electrons.